The molecule has 2 aromatic heterocycles. The van der Waals surface area contributed by atoms with Crippen molar-refractivity contribution in [3.8, 4) is 0 Å². The summed E-state index contributed by atoms with van der Waals surface area (Å²) in [6.45, 7) is 4.10. The van der Waals surface area contributed by atoms with E-state index < -0.39 is 0 Å². The SMILES string of the molecule is Cc1cc2c(N3CCC(Br)C3)nccn2n1. The molecule has 16 heavy (non-hydrogen) atoms. The van der Waals surface area contributed by atoms with Crippen LogP contribution in [0.2, 0.25) is 0 Å². The van der Waals surface area contributed by atoms with Crippen molar-refractivity contribution >= 4 is 27.3 Å². The molecule has 1 atom stereocenters. The van der Waals surface area contributed by atoms with Gasteiger partial charge in [-0.15, -0.1) is 0 Å². The molecule has 0 amide bonds. The molecule has 0 spiro atoms. The summed E-state index contributed by atoms with van der Waals surface area (Å²) < 4.78 is 1.90. The Hall–Kier alpha value is -1.10. The van der Waals surface area contributed by atoms with Crippen molar-refractivity contribution in [3.63, 3.8) is 0 Å². The summed E-state index contributed by atoms with van der Waals surface area (Å²) in [4.78, 5) is 7.38. The number of aryl methyl sites for hydroxylation is 1. The number of anilines is 1. The first-order valence-corrected chi connectivity index (χ1v) is 6.35. The largest absolute Gasteiger partial charge is 0.354 e. The van der Waals surface area contributed by atoms with Gasteiger partial charge in [-0.1, -0.05) is 15.9 Å². The molecule has 1 aliphatic rings. The van der Waals surface area contributed by atoms with E-state index in [2.05, 4.69) is 37.0 Å². The van der Waals surface area contributed by atoms with E-state index in [-0.39, 0.29) is 0 Å². The lowest BCUT2D eigenvalue weighted by molar-refractivity contribution is 0.890. The van der Waals surface area contributed by atoms with Gasteiger partial charge in [0.05, 0.1) is 5.69 Å². The van der Waals surface area contributed by atoms with Gasteiger partial charge in [0.2, 0.25) is 0 Å². The Morgan fingerprint density at radius 3 is 3.12 bits per heavy atom. The zero-order valence-electron chi connectivity index (χ0n) is 9.10. The third-order valence-corrected chi connectivity index (χ3v) is 3.67. The molecule has 1 saturated heterocycles. The number of fused-ring (bicyclic) bond motifs is 1. The zero-order valence-corrected chi connectivity index (χ0v) is 10.7. The molecule has 1 aliphatic heterocycles. The second kappa shape index (κ2) is 3.73. The highest BCUT2D eigenvalue weighted by Crippen LogP contribution is 2.25. The van der Waals surface area contributed by atoms with Gasteiger partial charge in [-0.05, 0) is 19.4 Å². The van der Waals surface area contributed by atoms with Crippen molar-refractivity contribution in [1.82, 2.24) is 14.6 Å². The van der Waals surface area contributed by atoms with E-state index in [0.717, 1.165) is 30.1 Å². The average molecular weight is 281 g/mol. The van der Waals surface area contributed by atoms with Crippen molar-refractivity contribution in [3.05, 3.63) is 24.2 Å². The second-order valence-corrected chi connectivity index (χ2v) is 5.49. The Balaban J connectivity index is 2.09. The van der Waals surface area contributed by atoms with Gasteiger partial charge in [0, 0.05) is 30.3 Å². The van der Waals surface area contributed by atoms with Crippen LogP contribution in [0.3, 0.4) is 0 Å². The maximum absolute atomic E-state index is 4.48. The van der Waals surface area contributed by atoms with E-state index in [1.54, 1.807) is 0 Å². The van der Waals surface area contributed by atoms with Crippen molar-refractivity contribution in [1.29, 1.82) is 0 Å². The van der Waals surface area contributed by atoms with Crippen LogP contribution >= 0.6 is 15.9 Å². The summed E-state index contributed by atoms with van der Waals surface area (Å²) in [5.41, 5.74) is 2.13. The normalized spacial score (nSPS) is 20.9. The van der Waals surface area contributed by atoms with Gasteiger partial charge >= 0.3 is 0 Å². The van der Waals surface area contributed by atoms with Crippen LogP contribution in [0, 0.1) is 6.92 Å². The number of hydrogen-bond donors (Lipinski definition) is 0. The van der Waals surface area contributed by atoms with E-state index in [4.69, 9.17) is 0 Å². The first-order chi connectivity index (χ1) is 7.74. The number of aromatic nitrogens is 3. The average Bonchev–Trinajstić information content (AvgIpc) is 2.82. The smallest absolute Gasteiger partial charge is 0.154 e. The van der Waals surface area contributed by atoms with Gasteiger partial charge in [-0.3, -0.25) is 0 Å². The molecule has 3 heterocycles. The maximum Gasteiger partial charge on any atom is 0.154 e. The molecule has 0 aromatic carbocycles. The zero-order chi connectivity index (χ0) is 11.1. The molecule has 0 bridgehead atoms. The first-order valence-electron chi connectivity index (χ1n) is 5.44. The van der Waals surface area contributed by atoms with Crippen molar-refractivity contribution < 1.29 is 0 Å². The van der Waals surface area contributed by atoms with Crippen LogP contribution in [0.25, 0.3) is 5.52 Å². The van der Waals surface area contributed by atoms with Gasteiger partial charge in [-0.25, -0.2) is 9.50 Å². The fourth-order valence-electron chi connectivity index (χ4n) is 2.18. The van der Waals surface area contributed by atoms with Gasteiger partial charge in [0.1, 0.15) is 5.52 Å². The molecule has 5 heteroatoms. The number of hydrogen-bond acceptors (Lipinski definition) is 3. The Labute approximate surface area is 102 Å². The molecule has 84 valence electrons. The highest BCUT2D eigenvalue weighted by molar-refractivity contribution is 9.09. The molecule has 0 saturated carbocycles. The van der Waals surface area contributed by atoms with Crippen LogP contribution < -0.4 is 4.90 Å². The summed E-state index contributed by atoms with van der Waals surface area (Å²) in [5, 5.41) is 4.40. The number of alkyl halides is 1. The Kier molecular flexibility index (Phi) is 2.35. The highest BCUT2D eigenvalue weighted by Gasteiger charge is 2.23. The quantitative estimate of drug-likeness (QED) is 0.750. The molecule has 0 aliphatic carbocycles. The maximum atomic E-state index is 4.48. The number of halogens is 1. The predicted molar refractivity (Wildman–Crippen MR) is 67.3 cm³/mol. The first kappa shape index (κ1) is 10.1. The second-order valence-electron chi connectivity index (χ2n) is 4.20. The lowest BCUT2D eigenvalue weighted by atomic mass is 10.4. The van der Waals surface area contributed by atoms with E-state index in [1.807, 2.05) is 23.8 Å². The third kappa shape index (κ3) is 1.59. The van der Waals surface area contributed by atoms with Crippen molar-refractivity contribution in [2.24, 2.45) is 0 Å². The Morgan fingerprint density at radius 2 is 2.38 bits per heavy atom. The molecule has 2 aromatic rings. The van der Waals surface area contributed by atoms with Crippen LogP contribution in [0.4, 0.5) is 5.82 Å². The van der Waals surface area contributed by atoms with Crippen LogP contribution in [0.5, 0.6) is 0 Å². The fraction of sp³-hybridized carbons (Fsp3) is 0.455. The van der Waals surface area contributed by atoms with E-state index in [9.17, 15) is 0 Å². The van der Waals surface area contributed by atoms with Crippen LogP contribution in [0.1, 0.15) is 12.1 Å². The fourth-order valence-corrected chi connectivity index (χ4v) is 2.74. The number of rotatable bonds is 1. The Morgan fingerprint density at radius 1 is 1.50 bits per heavy atom. The molecule has 1 fully saturated rings. The highest BCUT2D eigenvalue weighted by atomic mass is 79.9. The van der Waals surface area contributed by atoms with Crippen LogP contribution in [-0.4, -0.2) is 32.5 Å². The summed E-state index contributed by atoms with van der Waals surface area (Å²) in [7, 11) is 0. The third-order valence-electron chi connectivity index (χ3n) is 2.92. The molecular formula is C11H13BrN4. The topological polar surface area (TPSA) is 33.4 Å². The minimum atomic E-state index is 0.582. The summed E-state index contributed by atoms with van der Waals surface area (Å²) in [5.74, 6) is 1.05. The van der Waals surface area contributed by atoms with Gasteiger partial charge in [0.15, 0.2) is 5.82 Å². The predicted octanol–water partition coefficient (Wildman–Crippen LogP) is 2.01. The standard InChI is InChI=1S/C11H13BrN4/c1-8-6-10-11(13-3-5-16(10)14-8)15-4-2-9(12)7-15/h3,5-6,9H,2,4,7H2,1H3. The minimum Gasteiger partial charge on any atom is -0.354 e. The molecule has 1 unspecified atom stereocenters. The molecular weight excluding hydrogens is 268 g/mol. The van der Waals surface area contributed by atoms with E-state index in [0.29, 0.717) is 4.83 Å². The van der Waals surface area contributed by atoms with Gasteiger partial charge in [0.25, 0.3) is 0 Å². The lowest BCUT2D eigenvalue weighted by Gasteiger charge is -2.17. The molecule has 0 radical (unpaired) electrons. The van der Waals surface area contributed by atoms with Crippen LogP contribution in [-0.2, 0) is 0 Å². The van der Waals surface area contributed by atoms with Crippen molar-refractivity contribution in [2.45, 2.75) is 18.2 Å². The van der Waals surface area contributed by atoms with Crippen LogP contribution in [0.15, 0.2) is 18.5 Å². The summed E-state index contributed by atoms with van der Waals surface area (Å²) in [6.07, 6.45) is 4.89. The lowest BCUT2D eigenvalue weighted by Crippen LogP contribution is -2.21. The molecule has 4 nitrogen and oxygen atoms in total. The van der Waals surface area contributed by atoms with Gasteiger partial charge in [-0.2, -0.15) is 5.10 Å². The Bertz CT molecular complexity index is 522. The van der Waals surface area contributed by atoms with E-state index in [1.165, 1.54) is 6.42 Å². The molecule has 3 rings (SSSR count). The number of nitrogens with zero attached hydrogens (tertiary/aromatic N) is 4. The minimum absolute atomic E-state index is 0.582. The summed E-state index contributed by atoms with van der Waals surface area (Å²) >= 11 is 3.65. The van der Waals surface area contributed by atoms with Gasteiger partial charge < -0.3 is 4.90 Å². The van der Waals surface area contributed by atoms with E-state index >= 15 is 0 Å². The summed E-state index contributed by atoms with van der Waals surface area (Å²) in [6, 6.07) is 2.09. The monoisotopic (exact) mass is 280 g/mol. The molecule has 0 N–H and O–H groups in total. The van der Waals surface area contributed by atoms with Crippen molar-refractivity contribution in [2.75, 3.05) is 18.0 Å².